The number of amides is 2. The van der Waals surface area contributed by atoms with Gasteiger partial charge in [0.05, 0.1) is 12.4 Å². The molecule has 1 saturated carbocycles. The third kappa shape index (κ3) is 2.98. The molecule has 20 heavy (non-hydrogen) atoms. The van der Waals surface area contributed by atoms with Crippen molar-refractivity contribution in [3.05, 3.63) is 0 Å². The molecular formula is C13H19N3O2S2. The molecule has 2 amide bonds. The molecule has 0 bridgehead atoms. The van der Waals surface area contributed by atoms with Crippen molar-refractivity contribution in [1.82, 2.24) is 10.2 Å². The number of amidine groups is 1. The summed E-state index contributed by atoms with van der Waals surface area (Å²) in [4.78, 5) is 30.8. The van der Waals surface area contributed by atoms with Crippen LogP contribution in [0.3, 0.4) is 0 Å². The van der Waals surface area contributed by atoms with Gasteiger partial charge in [0.15, 0.2) is 5.17 Å². The zero-order valence-electron chi connectivity index (χ0n) is 11.3. The lowest BCUT2D eigenvalue weighted by Gasteiger charge is -2.25. The predicted molar refractivity (Wildman–Crippen MR) is 82.8 cm³/mol. The molecule has 3 rings (SSSR count). The van der Waals surface area contributed by atoms with Gasteiger partial charge in [0, 0.05) is 17.4 Å². The lowest BCUT2D eigenvalue weighted by atomic mass is 10.1. The minimum Gasteiger partial charge on any atom is -0.320 e. The van der Waals surface area contributed by atoms with Crippen LogP contribution in [-0.2, 0) is 9.59 Å². The fourth-order valence-electron chi connectivity index (χ4n) is 2.88. The second kappa shape index (κ2) is 6.39. The molecule has 1 saturated heterocycles. The first-order valence-corrected chi connectivity index (χ1v) is 9.26. The summed E-state index contributed by atoms with van der Waals surface area (Å²) < 4.78 is 0. The fraction of sp³-hybridized carbons (Fsp3) is 0.769. The van der Waals surface area contributed by atoms with Gasteiger partial charge in [-0.15, -0.1) is 11.8 Å². The molecule has 0 aromatic rings. The molecule has 110 valence electrons. The maximum atomic E-state index is 12.5. The average Bonchev–Trinajstić information content (AvgIpc) is 3.19. The first kappa shape index (κ1) is 14.3. The van der Waals surface area contributed by atoms with Gasteiger partial charge in [-0.2, -0.15) is 0 Å². The van der Waals surface area contributed by atoms with Crippen molar-refractivity contribution in [2.45, 2.75) is 31.7 Å². The van der Waals surface area contributed by atoms with Gasteiger partial charge in [0.2, 0.25) is 11.8 Å². The highest BCUT2D eigenvalue weighted by Gasteiger charge is 2.38. The molecule has 0 unspecified atom stereocenters. The van der Waals surface area contributed by atoms with Gasteiger partial charge in [0.1, 0.15) is 6.04 Å². The number of nitrogens with one attached hydrogen (secondary N) is 1. The Bertz CT molecular complexity index is 435. The van der Waals surface area contributed by atoms with Gasteiger partial charge in [-0.1, -0.05) is 24.6 Å². The van der Waals surface area contributed by atoms with Crippen molar-refractivity contribution in [1.29, 1.82) is 0 Å². The lowest BCUT2D eigenvalue weighted by molar-refractivity contribution is -0.140. The molecule has 5 nitrogen and oxygen atoms in total. The maximum Gasteiger partial charge on any atom is 0.249 e. The third-order valence-corrected chi connectivity index (χ3v) is 5.89. The Morgan fingerprint density at radius 3 is 2.80 bits per heavy atom. The number of hydrogen-bond acceptors (Lipinski definition) is 5. The minimum atomic E-state index is -0.322. The molecule has 1 atom stereocenters. The van der Waals surface area contributed by atoms with Gasteiger partial charge in [-0.25, -0.2) is 0 Å². The summed E-state index contributed by atoms with van der Waals surface area (Å²) >= 11 is 3.23. The van der Waals surface area contributed by atoms with Crippen molar-refractivity contribution in [2.24, 2.45) is 10.9 Å². The van der Waals surface area contributed by atoms with Crippen molar-refractivity contribution < 1.29 is 9.59 Å². The maximum absolute atomic E-state index is 12.5. The Kier molecular flexibility index (Phi) is 4.55. The highest BCUT2D eigenvalue weighted by Crippen LogP contribution is 2.30. The number of carbonyl (C=O) groups is 2. The molecule has 0 aromatic heterocycles. The van der Waals surface area contributed by atoms with Crippen LogP contribution in [0.2, 0.25) is 0 Å². The molecule has 0 spiro atoms. The Hall–Kier alpha value is -0.690. The van der Waals surface area contributed by atoms with Crippen LogP contribution in [0.4, 0.5) is 0 Å². The first-order chi connectivity index (χ1) is 9.75. The average molecular weight is 313 g/mol. The quantitative estimate of drug-likeness (QED) is 0.835. The monoisotopic (exact) mass is 313 g/mol. The molecule has 7 heteroatoms. The summed E-state index contributed by atoms with van der Waals surface area (Å²) in [6, 6.07) is -0.322. The van der Waals surface area contributed by atoms with Gasteiger partial charge >= 0.3 is 0 Å². The fourth-order valence-corrected chi connectivity index (χ4v) is 4.78. The van der Waals surface area contributed by atoms with Gasteiger partial charge in [-0.3, -0.25) is 14.6 Å². The highest BCUT2D eigenvalue weighted by atomic mass is 32.2. The molecule has 2 heterocycles. The molecule has 1 N–H and O–H groups in total. The summed E-state index contributed by atoms with van der Waals surface area (Å²) in [6.45, 7) is 0.768. The van der Waals surface area contributed by atoms with E-state index in [4.69, 9.17) is 0 Å². The third-order valence-electron chi connectivity index (χ3n) is 3.99. The first-order valence-electron chi connectivity index (χ1n) is 7.12. The number of carbonyl (C=O) groups excluding carboxylic acids is 2. The van der Waals surface area contributed by atoms with Gasteiger partial charge in [-0.05, 0) is 12.8 Å². The normalized spacial score (nSPS) is 26.9. The smallest absolute Gasteiger partial charge is 0.249 e. The lowest BCUT2D eigenvalue weighted by Crippen LogP contribution is -2.49. The molecule has 3 aliphatic rings. The van der Waals surface area contributed by atoms with Crippen molar-refractivity contribution in [3.8, 4) is 0 Å². The largest absolute Gasteiger partial charge is 0.320 e. The Balaban J connectivity index is 1.62. The van der Waals surface area contributed by atoms with Crippen molar-refractivity contribution in [2.75, 3.05) is 23.9 Å². The Morgan fingerprint density at radius 1 is 1.30 bits per heavy atom. The van der Waals surface area contributed by atoms with E-state index in [0.29, 0.717) is 16.8 Å². The van der Waals surface area contributed by atoms with Crippen LogP contribution in [0.25, 0.3) is 0 Å². The number of thioether (sulfide) groups is 2. The zero-order valence-corrected chi connectivity index (χ0v) is 13.0. The summed E-state index contributed by atoms with van der Waals surface area (Å²) in [5, 5.41) is 3.57. The molecular weight excluding hydrogens is 294 g/mol. The van der Waals surface area contributed by atoms with Crippen LogP contribution >= 0.6 is 23.5 Å². The van der Waals surface area contributed by atoms with E-state index >= 15 is 0 Å². The summed E-state index contributed by atoms with van der Waals surface area (Å²) in [5.74, 6) is 2.51. The van der Waals surface area contributed by atoms with Crippen LogP contribution in [-0.4, -0.2) is 51.9 Å². The van der Waals surface area contributed by atoms with E-state index in [0.717, 1.165) is 38.0 Å². The molecule has 2 aliphatic heterocycles. The van der Waals surface area contributed by atoms with Gasteiger partial charge in [0.25, 0.3) is 0 Å². The SMILES string of the molecule is O=C(NC1=NCCS1)[C@@H]1CSCN1C(=O)C1CCCC1. The molecule has 2 fully saturated rings. The predicted octanol–water partition coefficient (Wildman–Crippen LogP) is 1.30. The number of hydrogen-bond donors (Lipinski definition) is 1. The van der Waals surface area contributed by atoms with Crippen LogP contribution in [0.15, 0.2) is 4.99 Å². The highest BCUT2D eigenvalue weighted by molar-refractivity contribution is 8.14. The molecule has 0 aromatic carbocycles. The van der Waals surface area contributed by atoms with E-state index in [1.165, 1.54) is 0 Å². The number of nitrogens with zero attached hydrogens (tertiary/aromatic N) is 2. The summed E-state index contributed by atoms with van der Waals surface area (Å²) in [6.07, 6.45) is 4.25. The van der Waals surface area contributed by atoms with Crippen LogP contribution < -0.4 is 5.32 Å². The number of aliphatic imine (C=N–C) groups is 1. The van der Waals surface area contributed by atoms with Crippen LogP contribution in [0, 0.1) is 5.92 Å². The Labute approximate surface area is 127 Å². The van der Waals surface area contributed by atoms with Crippen LogP contribution in [0.1, 0.15) is 25.7 Å². The second-order valence-corrected chi connectivity index (χ2v) is 7.41. The van der Waals surface area contributed by atoms with Gasteiger partial charge < -0.3 is 10.2 Å². The summed E-state index contributed by atoms with van der Waals surface area (Å²) in [5.41, 5.74) is 0. The second-order valence-electron chi connectivity index (χ2n) is 5.33. The van der Waals surface area contributed by atoms with Crippen LogP contribution in [0.5, 0.6) is 0 Å². The van der Waals surface area contributed by atoms with E-state index in [9.17, 15) is 9.59 Å². The minimum absolute atomic E-state index is 0.0745. The van der Waals surface area contributed by atoms with E-state index < -0.39 is 0 Å². The zero-order chi connectivity index (χ0) is 13.9. The molecule has 1 aliphatic carbocycles. The topological polar surface area (TPSA) is 61.8 Å². The van der Waals surface area contributed by atoms with Crippen molar-refractivity contribution >= 4 is 40.5 Å². The van der Waals surface area contributed by atoms with E-state index in [-0.39, 0.29) is 23.8 Å². The van der Waals surface area contributed by atoms with E-state index in [1.54, 1.807) is 28.4 Å². The summed E-state index contributed by atoms with van der Waals surface area (Å²) in [7, 11) is 0. The number of rotatable bonds is 2. The van der Waals surface area contributed by atoms with E-state index in [1.807, 2.05) is 0 Å². The van der Waals surface area contributed by atoms with E-state index in [2.05, 4.69) is 10.3 Å². The Morgan fingerprint density at radius 2 is 2.10 bits per heavy atom. The van der Waals surface area contributed by atoms with Crippen molar-refractivity contribution in [3.63, 3.8) is 0 Å². The molecule has 0 radical (unpaired) electrons. The standard InChI is InChI=1S/C13H19N3O2S2/c17-11(15-13-14-5-6-20-13)10-7-19-8-16(10)12(18)9-3-1-2-4-9/h9-10H,1-8H2,(H,14,15,17)/t10-/m0/s1.